The fourth-order valence-corrected chi connectivity index (χ4v) is 1.52. The Bertz CT molecular complexity index is 350. The first-order valence-electron chi connectivity index (χ1n) is 3.95. The third-order valence-corrected chi connectivity index (χ3v) is 2.25. The SMILES string of the molecule is CCC(=O)c1cc(C)nc(Br)c1O. The quantitative estimate of drug-likeness (QED) is 0.642. The van der Waals surface area contributed by atoms with E-state index in [9.17, 15) is 9.90 Å². The van der Waals surface area contributed by atoms with Crippen molar-refractivity contribution in [1.82, 2.24) is 4.98 Å². The number of carbonyl (C=O) groups excluding carboxylic acids is 1. The van der Waals surface area contributed by atoms with Gasteiger partial charge in [-0.2, -0.15) is 0 Å². The van der Waals surface area contributed by atoms with E-state index in [2.05, 4.69) is 20.9 Å². The molecule has 70 valence electrons. The molecular weight excluding hydrogens is 234 g/mol. The highest BCUT2D eigenvalue weighted by Gasteiger charge is 2.13. The second-order valence-electron chi connectivity index (χ2n) is 2.73. The minimum Gasteiger partial charge on any atom is -0.504 e. The number of rotatable bonds is 2. The van der Waals surface area contributed by atoms with Crippen LogP contribution in [0.4, 0.5) is 0 Å². The van der Waals surface area contributed by atoms with Crippen LogP contribution in [0.15, 0.2) is 10.7 Å². The predicted octanol–water partition coefficient (Wildman–Crippen LogP) is 2.45. The minimum absolute atomic E-state index is 0.0718. The van der Waals surface area contributed by atoms with E-state index < -0.39 is 0 Å². The van der Waals surface area contributed by atoms with Gasteiger partial charge in [-0.05, 0) is 28.9 Å². The Hall–Kier alpha value is -0.900. The van der Waals surface area contributed by atoms with Crippen LogP contribution in [0.3, 0.4) is 0 Å². The van der Waals surface area contributed by atoms with Gasteiger partial charge in [-0.3, -0.25) is 4.79 Å². The molecule has 0 saturated carbocycles. The average Bonchev–Trinajstić information content (AvgIpc) is 2.10. The number of aryl methyl sites for hydroxylation is 1. The molecule has 0 aliphatic heterocycles. The molecule has 13 heavy (non-hydrogen) atoms. The summed E-state index contributed by atoms with van der Waals surface area (Å²) in [6.45, 7) is 3.53. The zero-order chi connectivity index (χ0) is 10.0. The number of pyridine rings is 1. The molecule has 0 aliphatic rings. The monoisotopic (exact) mass is 243 g/mol. The van der Waals surface area contributed by atoms with E-state index in [-0.39, 0.29) is 11.5 Å². The van der Waals surface area contributed by atoms with E-state index in [1.165, 1.54) is 0 Å². The smallest absolute Gasteiger partial charge is 0.166 e. The van der Waals surface area contributed by atoms with Crippen molar-refractivity contribution in [3.63, 3.8) is 0 Å². The fourth-order valence-electron chi connectivity index (χ4n) is 1.03. The van der Waals surface area contributed by atoms with E-state index in [1.807, 2.05) is 0 Å². The van der Waals surface area contributed by atoms with Crippen molar-refractivity contribution >= 4 is 21.7 Å². The molecule has 1 N–H and O–H groups in total. The maximum absolute atomic E-state index is 11.3. The summed E-state index contributed by atoms with van der Waals surface area (Å²) in [7, 11) is 0. The normalized spacial score (nSPS) is 10.1. The zero-order valence-corrected chi connectivity index (χ0v) is 9.05. The molecule has 4 heteroatoms. The fraction of sp³-hybridized carbons (Fsp3) is 0.333. The molecule has 1 aromatic rings. The number of halogens is 1. The molecule has 3 nitrogen and oxygen atoms in total. The maximum atomic E-state index is 11.3. The molecule has 0 spiro atoms. The zero-order valence-electron chi connectivity index (χ0n) is 7.47. The number of aromatic nitrogens is 1. The summed E-state index contributed by atoms with van der Waals surface area (Å²) in [5.41, 5.74) is 1.04. The van der Waals surface area contributed by atoms with Gasteiger partial charge in [-0.25, -0.2) is 4.98 Å². The lowest BCUT2D eigenvalue weighted by molar-refractivity contribution is 0.0985. The molecule has 1 rings (SSSR count). The third kappa shape index (κ3) is 2.06. The predicted molar refractivity (Wildman–Crippen MR) is 53.0 cm³/mol. The van der Waals surface area contributed by atoms with Crippen molar-refractivity contribution in [1.29, 1.82) is 0 Å². The largest absolute Gasteiger partial charge is 0.504 e. The van der Waals surface area contributed by atoms with Crippen molar-refractivity contribution in [3.8, 4) is 5.75 Å². The minimum atomic E-state index is -0.0799. The van der Waals surface area contributed by atoms with Crippen molar-refractivity contribution in [2.45, 2.75) is 20.3 Å². The van der Waals surface area contributed by atoms with Crippen LogP contribution in [-0.4, -0.2) is 15.9 Å². The first kappa shape index (κ1) is 10.2. The summed E-state index contributed by atoms with van der Waals surface area (Å²) in [6.07, 6.45) is 0.378. The topological polar surface area (TPSA) is 50.2 Å². The number of Topliss-reactive ketones (excluding diaryl/α,β-unsaturated/α-hetero) is 1. The van der Waals surface area contributed by atoms with Crippen LogP contribution in [0, 0.1) is 6.92 Å². The van der Waals surface area contributed by atoms with Crippen molar-refractivity contribution < 1.29 is 9.90 Å². The highest BCUT2D eigenvalue weighted by Crippen LogP contribution is 2.27. The first-order chi connectivity index (χ1) is 6.06. The van der Waals surface area contributed by atoms with E-state index in [4.69, 9.17) is 0 Å². The van der Waals surface area contributed by atoms with Crippen LogP contribution in [0.5, 0.6) is 5.75 Å². The molecular formula is C9H10BrNO2. The highest BCUT2D eigenvalue weighted by molar-refractivity contribution is 9.10. The van der Waals surface area contributed by atoms with Crippen LogP contribution < -0.4 is 0 Å². The van der Waals surface area contributed by atoms with Crippen LogP contribution in [0.1, 0.15) is 29.4 Å². The Balaban J connectivity index is 3.28. The van der Waals surface area contributed by atoms with Crippen LogP contribution in [0.2, 0.25) is 0 Å². The standard InChI is InChI=1S/C9H10BrNO2/c1-3-7(12)6-4-5(2)11-9(10)8(6)13/h4,13H,3H2,1-2H3. The van der Waals surface area contributed by atoms with E-state index in [0.29, 0.717) is 22.3 Å². The maximum Gasteiger partial charge on any atom is 0.166 e. The van der Waals surface area contributed by atoms with E-state index in [0.717, 1.165) is 0 Å². The third-order valence-electron chi connectivity index (χ3n) is 1.70. The number of hydrogen-bond acceptors (Lipinski definition) is 3. The van der Waals surface area contributed by atoms with E-state index >= 15 is 0 Å². The molecule has 0 atom stereocenters. The molecule has 0 amide bonds. The number of carbonyl (C=O) groups is 1. The molecule has 0 bridgehead atoms. The highest BCUT2D eigenvalue weighted by atomic mass is 79.9. The number of nitrogens with zero attached hydrogens (tertiary/aromatic N) is 1. The molecule has 0 radical (unpaired) electrons. The molecule has 1 heterocycles. The van der Waals surface area contributed by atoms with Crippen LogP contribution in [-0.2, 0) is 0 Å². The van der Waals surface area contributed by atoms with E-state index in [1.54, 1.807) is 19.9 Å². The second-order valence-corrected chi connectivity index (χ2v) is 3.48. The summed E-state index contributed by atoms with van der Waals surface area (Å²) < 4.78 is 0.323. The van der Waals surface area contributed by atoms with Crippen molar-refractivity contribution in [3.05, 3.63) is 21.9 Å². The Labute approximate surface area is 84.9 Å². The Kier molecular flexibility index (Phi) is 3.03. The summed E-state index contributed by atoms with van der Waals surface area (Å²) >= 11 is 3.08. The molecule has 0 aromatic carbocycles. The lowest BCUT2D eigenvalue weighted by Gasteiger charge is -2.04. The lowest BCUT2D eigenvalue weighted by atomic mass is 10.1. The van der Waals surface area contributed by atoms with Gasteiger partial charge in [0.15, 0.2) is 11.5 Å². The van der Waals surface area contributed by atoms with Gasteiger partial charge in [-0.15, -0.1) is 0 Å². The first-order valence-corrected chi connectivity index (χ1v) is 4.74. The summed E-state index contributed by atoms with van der Waals surface area (Å²) in [4.78, 5) is 15.3. The van der Waals surface area contributed by atoms with Gasteiger partial charge in [0.1, 0.15) is 4.60 Å². The Morgan fingerprint density at radius 2 is 2.31 bits per heavy atom. The van der Waals surface area contributed by atoms with Gasteiger partial charge in [0.05, 0.1) is 5.56 Å². The molecule has 0 unspecified atom stereocenters. The average molecular weight is 244 g/mol. The van der Waals surface area contributed by atoms with Crippen LogP contribution in [0.25, 0.3) is 0 Å². The summed E-state index contributed by atoms with van der Waals surface area (Å²) in [5, 5.41) is 9.49. The van der Waals surface area contributed by atoms with Crippen molar-refractivity contribution in [2.75, 3.05) is 0 Å². The van der Waals surface area contributed by atoms with Gasteiger partial charge >= 0.3 is 0 Å². The summed E-state index contributed by atoms with van der Waals surface area (Å²) in [5.74, 6) is -0.152. The molecule has 0 saturated heterocycles. The number of hydrogen-bond donors (Lipinski definition) is 1. The number of aromatic hydroxyl groups is 1. The van der Waals surface area contributed by atoms with Gasteiger partial charge < -0.3 is 5.11 Å². The summed E-state index contributed by atoms with van der Waals surface area (Å²) in [6, 6.07) is 1.59. The van der Waals surface area contributed by atoms with Crippen molar-refractivity contribution in [2.24, 2.45) is 0 Å². The molecule has 0 fully saturated rings. The Morgan fingerprint density at radius 3 is 2.85 bits per heavy atom. The van der Waals surface area contributed by atoms with Gasteiger partial charge in [0, 0.05) is 12.1 Å². The molecule has 1 aromatic heterocycles. The molecule has 0 aliphatic carbocycles. The van der Waals surface area contributed by atoms with Gasteiger partial charge in [0.25, 0.3) is 0 Å². The van der Waals surface area contributed by atoms with Gasteiger partial charge in [-0.1, -0.05) is 6.92 Å². The second kappa shape index (κ2) is 3.87. The lowest BCUT2D eigenvalue weighted by Crippen LogP contribution is -1.99. The Morgan fingerprint density at radius 1 is 1.69 bits per heavy atom. The van der Waals surface area contributed by atoms with Crippen LogP contribution >= 0.6 is 15.9 Å². The number of ketones is 1. The van der Waals surface area contributed by atoms with Gasteiger partial charge in [0.2, 0.25) is 0 Å².